The molecule has 5 rings (SSSR count). The molecule has 3 aromatic heterocycles. The van der Waals surface area contributed by atoms with Gasteiger partial charge in [-0.25, -0.2) is 4.98 Å². The zero-order valence-electron chi connectivity index (χ0n) is 18.8. The lowest BCUT2D eigenvalue weighted by Crippen LogP contribution is -2.08. The maximum atomic E-state index is 11.0. The third-order valence-electron chi connectivity index (χ3n) is 5.59. The topological polar surface area (TPSA) is 120 Å². The first-order valence-electron chi connectivity index (χ1n) is 10.9. The van der Waals surface area contributed by atoms with E-state index in [1.165, 1.54) is 12.1 Å². The molecule has 0 aliphatic rings. The van der Waals surface area contributed by atoms with Gasteiger partial charge >= 0.3 is 0 Å². The molecule has 0 saturated carbocycles. The molecule has 0 fully saturated rings. The van der Waals surface area contributed by atoms with Gasteiger partial charge in [0.25, 0.3) is 5.69 Å². The minimum atomic E-state index is -0.477. The van der Waals surface area contributed by atoms with Crippen molar-refractivity contribution in [3.8, 4) is 22.5 Å². The summed E-state index contributed by atoms with van der Waals surface area (Å²) < 4.78 is 11.7. The molecule has 5 aromatic rings. The van der Waals surface area contributed by atoms with Crippen LogP contribution in [0.25, 0.3) is 22.5 Å². The van der Waals surface area contributed by atoms with Gasteiger partial charge in [-0.05, 0) is 30.7 Å². The number of benzene rings is 2. The van der Waals surface area contributed by atoms with Crippen molar-refractivity contribution in [3.63, 3.8) is 0 Å². The minimum absolute atomic E-state index is 0.0210. The fraction of sp³-hybridized carbons (Fsp3) is 0.115. The third-order valence-corrected chi connectivity index (χ3v) is 5.59. The molecule has 9 nitrogen and oxygen atoms in total. The predicted octanol–water partition coefficient (Wildman–Crippen LogP) is 5.65. The highest BCUT2D eigenvalue weighted by atomic mass is 16.6. The van der Waals surface area contributed by atoms with Crippen LogP contribution in [0.15, 0.2) is 89.8 Å². The Morgan fingerprint density at radius 2 is 1.83 bits per heavy atom. The average molecular weight is 467 g/mol. The van der Waals surface area contributed by atoms with Crippen LogP contribution in [0.3, 0.4) is 0 Å². The summed E-state index contributed by atoms with van der Waals surface area (Å²) in [6.07, 6.45) is 4.65. The molecule has 3 heterocycles. The lowest BCUT2D eigenvalue weighted by Gasteiger charge is -2.18. The van der Waals surface area contributed by atoms with Crippen LogP contribution in [-0.4, -0.2) is 25.0 Å². The molecular formula is C26H21N5O4. The van der Waals surface area contributed by atoms with Crippen LogP contribution in [0.4, 0.5) is 5.69 Å². The summed E-state index contributed by atoms with van der Waals surface area (Å²) in [4.78, 5) is 22.6. The Balaban J connectivity index is 1.40. The highest BCUT2D eigenvalue weighted by Crippen LogP contribution is 2.33. The van der Waals surface area contributed by atoms with Gasteiger partial charge in [-0.3, -0.25) is 15.1 Å². The van der Waals surface area contributed by atoms with E-state index in [4.69, 9.17) is 9.26 Å². The molecule has 0 bridgehead atoms. The standard InChI is InChI=1S/C26H21N5O4/c1-17-24(25(30-35-17)18-6-3-2-4-7-18)22-15-28-23(29-22)16-34-26(20-8-5-13-27-14-20)19-9-11-21(12-10-19)31(32)33/h2-15,26H,16H2,1H3,(H,28,29). The summed E-state index contributed by atoms with van der Waals surface area (Å²) >= 11 is 0. The van der Waals surface area contributed by atoms with E-state index in [0.717, 1.165) is 33.6 Å². The average Bonchev–Trinajstić information content (AvgIpc) is 3.52. The largest absolute Gasteiger partial charge is 0.361 e. The first-order valence-corrected chi connectivity index (χ1v) is 10.9. The molecule has 1 N–H and O–H groups in total. The Hall–Kier alpha value is -4.63. The maximum absolute atomic E-state index is 11.0. The summed E-state index contributed by atoms with van der Waals surface area (Å²) in [5.74, 6) is 1.30. The van der Waals surface area contributed by atoms with Crippen LogP contribution in [0.1, 0.15) is 28.8 Å². The smallest absolute Gasteiger partial charge is 0.269 e. The summed E-state index contributed by atoms with van der Waals surface area (Å²) in [6.45, 7) is 2.04. The van der Waals surface area contributed by atoms with Gasteiger partial charge in [0.2, 0.25) is 0 Å². The molecular weight excluding hydrogens is 446 g/mol. The number of nitrogens with zero attached hydrogens (tertiary/aromatic N) is 4. The zero-order chi connectivity index (χ0) is 24.2. The Morgan fingerprint density at radius 1 is 1.03 bits per heavy atom. The van der Waals surface area contributed by atoms with E-state index in [0.29, 0.717) is 11.6 Å². The van der Waals surface area contributed by atoms with E-state index < -0.39 is 11.0 Å². The monoisotopic (exact) mass is 467 g/mol. The van der Waals surface area contributed by atoms with Crippen molar-refractivity contribution in [1.82, 2.24) is 20.1 Å². The SMILES string of the molecule is Cc1onc(-c2ccccc2)c1-c1cnc(COC(c2ccc([N+](=O)[O-])cc2)c2cccnc2)[nH]1. The minimum Gasteiger partial charge on any atom is -0.361 e. The molecule has 35 heavy (non-hydrogen) atoms. The van der Waals surface area contributed by atoms with Gasteiger partial charge in [0.15, 0.2) is 0 Å². The Bertz CT molecular complexity index is 1430. The number of ether oxygens (including phenoxy) is 1. The van der Waals surface area contributed by atoms with Crippen LogP contribution >= 0.6 is 0 Å². The second kappa shape index (κ2) is 9.70. The summed E-state index contributed by atoms with van der Waals surface area (Å²) in [5, 5.41) is 15.3. The van der Waals surface area contributed by atoms with Crippen LogP contribution in [-0.2, 0) is 11.3 Å². The maximum Gasteiger partial charge on any atom is 0.269 e. The fourth-order valence-corrected chi connectivity index (χ4v) is 3.89. The van der Waals surface area contributed by atoms with Gasteiger partial charge in [0.1, 0.15) is 30.0 Å². The molecule has 2 aromatic carbocycles. The Morgan fingerprint density at radius 3 is 2.54 bits per heavy atom. The van der Waals surface area contributed by atoms with Crippen LogP contribution < -0.4 is 0 Å². The van der Waals surface area contributed by atoms with E-state index in [1.54, 1.807) is 30.7 Å². The lowest BCUT2D eigenvalue weighted by molar-refractivity contribution is -0.384. The molecule has 0 aliphatic heterocycles. The molecule has 0 amide bonds. The Kier molecular flexibility index (Phi) is 6.15. The molecule has 1 unspecified atom stereocenters. The van der Waals surface area contributed by atoms with Crippen molar-refractivity contribution in [1.29, 1.82) is 0 Å². The van der Waals surface area contributed by atoms with Crippen molar-refractivity contribution in [2.24, 2.45) is 0 Å². The number of hydrogen-bond acceptors (Lipinski definition) is 7. The number of nitro groups is 1. The van der Waals surface area contributed by atoms with Crippen LogP contribution in [0.5, 0.6) is 0 Å². The van der Waals surface area contributed by atoms with Gasteiger partial charge in [-0.2, -0.15) is 0 Å². The van der Waals surface area contributed by atoms with E-state index >= 15 is 0 Å². The zero-order valence-corrected chi connectivity index (χ0v) is 18.8. The molecule has 0 aliphatic carbocycles. The first-order chi connectivity index (χ1) is 17.1. The van der Waals surface area contributed by atoms with Crippen molar-refractivity contribution in [2.75, 3.05) is 0 Å². The summed E-state index contributed by atoms with van der Waals surface area (Å²) in [7, 11) is 0. The highest BCUT2D eigenvalue weighted by molar-refractivity contribution is 5.79. The fourth-order valence-electron chi connectivity index (χ4n) is 3.89. The molecule has 0 radical (unpaired) electrons. The lowest BCUT2D eigenvalue weighted by atomic mass is 10.0. The third kappa shape index (κ3) is 4.71. The number of non-ortho nitro benzene ring substituents is 1. The number of nitro benzene ring substituents is 1. The van der Waals surface area contributed by atoms with E-state index in [9.17, 15) is 10.1 Å². The first kappa shape index (κ1) is 22.2. The van der Waals surface area contributed by atoms with Gasteiger partial charge in [0.05, 0.1) is 22.4 Å². The van der Waals surface area contributed by atoms with Crippen molar-refractivity contribution >= 4 is 5.69 Å². The van der Waals surface area contributed by atoms with Crippen LogP contribution in [0.2, 0.25) is 0 Å². The van der Waals surface area contributed by atoms with Gasteiger partial charge in [-0.15, -0.1) is 0 Å². The Labute approximate surface area is 200 Å². The normalized spacial score (nSPS) is 11.9. The number of aromatic amines is 1. The molecule has 0 saturated heterocycles. The number of H-pyrrole nitrogens is 1. The second-order valence-electron chi connectivity index (χ2n) is 7.90. The van der Waals surface area contributed by atoms with Crippen molar-refractivity contribution < 1.29 is 14.2 Å². The van der Waals surface area contributed by atoms with E-state index in [1.807, 2.05) is 49.4 Å². The quantitative estimate of drug-likeness (QED) is 0.231. The molecule has 174 valence electrons. The van der Waals surface area contributed by atoms with Gasteiger partial charge in [0, 0.05) is 35.7 Å². The predicted molar refractivity (Wildman–Crippen MR) is 128 cm³/mol. The number of aromatic nitrogens is 4. The van der Waals surface area contributed by atoms with Crippen LogP contribution in [0, 0.1) is 17.0 Å². The summed E-state index contributed by atoms with van der Waals surface area (Å²) in [6, 6.07) is 19.8. The summed E-state index contributed by atoms with van der Waals surface area (Å²) in [5.41, 5.74) is 4.92. The number of imidazole rings is 1. The number of hydrogen-bond donors (Lipinski definition) is 1. The number of nitrogens with one attached hydrogen (secondary N) is 1. The van der Waals surface area contributed by atoms with E-state index in [-0.39, 0.29) is 12.3 Å². The second-order valence-corrected chi connectivity index (χ2v) is 7.90. The van der Waals surface area contributed by atoms with Crippen molar-refractivity contribution in [2.45, 2.75) is 19.6 Å². The molecule has 0 spiro atoms. The molecule has 1 atom stereocenters. The van der Waals surface area contributed by atoms with Gasteiger partial charge in [-0.1, -0.05) is 41.6 Å². The molecule has 9 heteroatoms. The number of aryl methyl sites for hydroxylation is 1. The van der Waals surface area contributed by atoms with Crippen molar-refractivity contribution in [3.05, 3.63) is 118 Å². The highest BCUT2D eigenvalue weighted by Gasteiger charge is 2.20. The number of rotatable bonds is 8. The number of pyridine rings is 1. The van der Waals surface area contributed by atoms with Gasteiger partial charge < -0.3 is 14.2 Å². The van der Waals surface area contributed by atoms with E-state index in [2.05, 4.69) is 20.1 Å².